The second-order valence-electron chi connectivity index (χ2n) is 3.77. The summed E-state index contributed by atoms with van der Waals surface area (Å²) in [6.07, 6.45) is 0.224. The van der Waals surface area contributed by atoms with Gasteiger partial charge in [-0.3, -0.25) is 9.59 Å². The van der Waals surface area contributed by atoms with Gasteiger partial charge in [0.2, 0.25) is 11.8 Å². The highest BCUT2D eigenvalue weighted by Crippen LogP contribution is 2.23. The van der Waals surface area contributed by atoms with Crippen LogP contribution in [0.4, 0.5) is 0 Å². The Morgan fingerprint density at radius 3 is 1.85 bits per heavy atom. The lowest BCUT2D eigenvalue weighted by atomic mass is 9.81. The molecule has 0 aliphatic rings. The molecule has 0 rings (SSSR count). The van der Waals surface area contributed by atoms with Crippen LogP contribution in [0.1, 0.15) is 27.2 Å². The van der Waals surface area contributed by atoms with Crippen LogP contribution in [0.2, 0.25) is 0 Å². The Balaban J connectivity index is 4.41. The smallest absolute Gasteiger partial charge is 0.220 e. The molecular formula is C9H18N2O2. The van der Waals surface area contributed by atoms with Crippen molar-refractivity contribution >= 4 is 11.8 Å². The zero-order valence-electron chi connectivity index (χ0n) is 8.41. The molecule has 0 aliphatic carbocycles. The van der Waals surface area contributed by atoms with Crippen molar-refractivity contribution in [1.29, 1.82) is 0 Å². The summed E-state index contributed by atoms with van der Waals surface area (Å²) in [5, 5.41) is 0. The molecule has 0 aromatic rings. The first-order valence-electron chi connectivity index (χ1n) is 4.43. The number of hydrogen-bond acceptors (Lipinski definition) is 2. The number of amides is 2. The van der Waals surface area contributed by atoms with Crippen LogP contribution in [-0.4, -0.2) is 11.8 Å². The van der Waals surface area contributed by atoms with E-state index in [-0.39, 0.29) is 36.0 Å². The van der Waals surface area contributed by atoms with Crippen LogP contribution in [0.5, 0.6) is 0 Å². The molecule has 4 N–H and O–H groups in total. The fourth-order valence-electron chi connectivity index (χ4n) is 1.43. The van der Waals surface area contributed by atoms with Crippen LogP contribution in [-0.2, 0) is 9.59 Å². The van der Waals surface area contributed by atoms with Gasteiger partial charge in [-0.2, -0.15) is 0 Å². The molecule has 2 atom stereocenters. The monoisotopic (exact) mass is 186 g/mol. The van der Waals surface area contributed by atoms with Crippen molar-refractivity contribution in [2.75, 3.05) is 0 Å². The molecule has 0 bridgehead atoms. The van der Waals surface area contributed by atoms with Gasteiger partial charge in [0.25, 0.3) is 0 Å². The molecule has 2 amide bonds. The molecule has 0 fully saturated rings. The molecule has 0 heterocycles. The highest BCUT2D eigenvalue weighted by Gasteiger charge is 2.26. The Kier molecular flexibility index (Phi) is 4.45. The van der Waals surface area contributed by atoms with Gasteiger partial charge < -0.3 is 11.5 Å². The predicted molar refractivity (Wildman–Crippen MR) is 50.5 cm³/mol. The number of hydrogen-bond donors (Lipinski definition) is 2. The normalized spacial score (nSPS) is 15.4. The quantitative estimate of drug-likeness (QED) is 0.645. The number of primary amides is 2. The maximum absolute atomic E-state index is 10.9. The van der Waals surface area contributed by atoms with E-state index in [0.29, 0.717) is 0 Å². The van der Waals surface area contributed by atoms with E-state index in [4.69, 9.17) is 11.5 Å². The molecule has 0 saturated carbocycles. The van der Waals surface area contributed by atoms with Crippen molar-refractivity contribution < 1.29 is 9.59 Å². The lowest BCUT2D eigenvalue weighted by molar-refractivity contribution is -0.125. The van der Waals surface area contributed by atoms with Crippen LogP contribution in [0, 0.1) is 17.8 Å². The minimum Gasteiger partial charge on any atom is -0.370 e. The number of carbonyl (C=O) groups is 2. The van der Waals surface area contributed by atoms with Gasteiger partial charge in [0.05, 0.1) is 0 Å². The second-order valence-corrected chi connectivity index (χ2v) is 3.77. The summed E-state index contributed by atoms with van der Waals surface area (Å²) in [6.45, 7) is 5.63. The maximum atomic E-state index is 10.9. The van der Waals surface area contributed by atoms with Gasteiger partial charge in [-0.05, 0) is 11.8 Å². The van der Waals surface area contributed by atoms with Crippen LogP contribution in [0.25, 0.3) is 0 Å². The van der Waals surface area contributed by atoms with E-state index in [0.717, 1.165) is 0 Å². The number of nitrogens with two attached hydrogens (primary N) is 2. The lowest BCUT2D eigenvalue weighted by Crippen LogP contribution is -2.33. The molecule has 4 nitrogen and oxygen atoms in total. The Bertz CT molecular complexity index is 202. The van der Waals surface area contributed by atoms with E-state index >= 15 is 0 Å². The molecule has 4 heteroatoms. The molecule has 0 aliphatic heterocycles. The third-order valence-corrected chi connectivity index (χ3v) is 2.38. The highest BCUT2D eigenvalue weighted by molar-refractivity contribution is 5.79. The first-order chi connectivity index (χ1) is 5.86. The van der Waals surface area contributed by atoms with Gasteiger partial charge in [-0.25, -0.2) is 0 Å². The molecule has 13 heavy (non-hydrogen) atoms. The number of rotatable bonds is 5. The average Bonchev–Trinajstić information content (AvgIpc) is 1.97. The minimum atomic E-state index is -0.383. The fourth-order valence-corrected chi connectivity index (χ4v) is 1.43. The summed E-state index contributed by atoms with van der Waals surface area (Å²) >= 11 is 0. The Hall–Kier alpha value is -1.06. The molecule has 0 radical (unpaired) electrons. The fraction of sp³-hybridized carbons (Fsp3) is 0.778. The highest BCUT2D eigenvalue weighted by atomic mass is 16.1. The lowest BCUT2D eigenvalue weighted by Gasteiger charge is -2.23. The van der Waals surface area contributed by atoms with Gasteiger partial charge in [0.15, 0.2) is 0 Å². The van der Waals surface area contributed by atoms with Crippen molar-refractivity contribution in [3.8, 4) is 0 Å². The average molecular weight is 186 g/mol. The minimum absolute atomic E-state index is 0.0463. The number of carbonyl (C=O) groups excluding carboxylic acids is 2. The predicted octanol–water partition coefficient (Wildman–Crippen LogP) is 0.255. The van der Waals surface area contributed by atoms with Crippen molar-refractivity contribution in [1.82, 2.24) is 0 Å². The molecule has 0 spiro atoms. The molecule has 0 saturated heterocycles. The van der Waals surface area contributed by atoms with E-state index in [1.807, 2.05) is 13.8 Å². The topological polar surface area (TPSA) is 86.2 Å². The van der Waals surface area contributed by atoms with Gasteiger partial charge in [-0.15, -0.1) is 0 Å². The summed E-state index contributed by atoms with van der Waals surface area (Å²) < 4.78 is 0. The molecular weight excluding hydrogens is 168 g/mol. The van der Waals surface area contributed by atoms with Crippen LogP contribution in [0.3, 0.4) is 0 Å². The van der Waals surface area contributed by atoms with Gasteiger partial charge in [-0.1, -0.05) is 20.8 Å². The first-order valence-corrected chi connectivity index (χ1v) is 4.43. The molecule has 0 aromatic heterocycles. The van der Waals surface area contributed by atoms with E-state index < -0.39 is 0 Å². The summed E-state index contributed by atoms with van der Waals surface area (Å²) in [7, 11) is 0. The summed E-state index contributed by atoms with van der Waals surface area (Å²) in [5.41, 5.74) is 10.2. The van der Waals surface area contributed by atoms with Gasteiger partial charge in [0, 0.05) is 12.3 Å². The van der Waals surface area contributed by atoms with Gasteiger partial charge in [0.1, 0.15) is 0 Å². The first kappa shape index (κ1) is 11.9. The van der Waals surface area contributed by atoms with Crippen LogP contribution in [0.15, 0.2) is 0 Å². The molecule has 2 unspecified atom stereocenters. The zero-order chi connectivity index (χ0) is 10.6. The summed E-state index contributed by atoms with van der Waals surface area (Å²) in [4.78, 5) is 21.6. The van der Waals surface area contributed by atoms with Gasteiger partial charge >= 0.3 is 0 Å². The Morgan fingerprint density at radius 1 is 1.15 bits per heavy atom. The second kappa shape index (κ2) is 4.84. The zero-order valence-corrected chi connectivity index (χ0v) is 8.41. The van der Waals surface area contributed by atoms with E-state index in [1.54, 1.807) is 6.92 Å². The van der Waals surface area contributed by atoms with E-state index in [9.17, 15) is 9.59 Å². The van der Waals surface area contributed by atoms with Crippen molar-refractivity contribution in [2.24, 2.45) is 29.2 Å². The van der Waals surface area contributed by atoms with Crippen molar-refractivity contribution in [3.05, 3.63) is 0 Å². The third-order valence-electron chi connectivity index (χ3n) is 2.38. The SMILES string of the molecule is CC(C)C(CC(N)=O)C(C)C(N)=O. The third kappa shape index (κ3) is 3.92. The summed E-state index contributed by atoms with van der Waals surface area (Å²) in [6, 6.07) is 0. The van der Waals surface area contributed by atoms with Crippen molar-refractivity contribution in [2.45, 2.75) is 27.2 Å². The van der Waals surface area contributed by atoms with Crippen molar-refractivity contribution in [3.63, 3.8) is 0 Å². The largest absolute Gasteiger partial charge is 0.370 e. The van der Waals surface area contributed by atoms with E-state index in [2.05, 4.69) is 0 Å². The summed E-state index contributed by atoms with van der Waals surface area (Å²) in [5.74, 6) is -0.871. The molecule has 76 valence electrons. The van der Waals surface area contributed by atoms with E-state index in [1.165, 1.54) is 0 Å². The standard InChI is InChI=1S/C9H18N2O2/c1-5(2)7(4-8(10)12)6(3)9(11)13/h5-7H,4H2,1-3H3,(H2,10,12)(H2,11,13). The Morgan fingerprint density at radius 2 is 1.62 bits per heavy atom. The Labute approximate surface area is 78.7 Å². The maximum Gasteiger partial charge on any atom is 0.220 e. The van der Waals surface area contributed by atoms with Crippen LogP contribution >= 0.6 is 0 Å². The van der Waals surface area contributed by atoms with Crippen LogP contribution < -0.4 is 11.5 Å². The molecule has 0 aromatic carbocycles.